The van der Waals surface area contributed by atoms with Crippen molar-refractivity contribution in [2.45, 2.75) is 6.42 Å². The standard InChI is InChI=1S/C25H18Cl2N2O5/c26-19-11-10-18(14-20(19)30)34-25(33)16-6-8-17(9-7-16)28-22-21(27)23(31)29(24(22)32)13-12-15-4-2-1-3-5-15/h1-11,14,28,30H,12-13H2. The number of nitrogens with one attached hydrogen (secondary N) is 1. The minimum absolute atomic E-state index is 0.0216. The second-order valence-electron chi connectivity index (χ2n) is 7.39. The lowest BCUT2D eigenvalue weighted by molar-refractivity contribution is -0.137. The number of carbonyl (C=O) groups excluding carboxylic acids is 3. The van der Waals surface area contributed by atoms with Crippen molar-refractivity contribution in [2.24, 2.45) is 0 Å². The molecule has 4 rings (SSSR count). The molecular weight excluding hydrogens is 479 g/mol. The van der Waals surface area contributed by atoms with E-state index < -0.39 is 17.8 Å². The maximum Gasteiger partial charge on any atom is 0.343 e. The van der Waals surface area contributed by atoms with Crippen LogP contribution in [0.25, 0.3) is 0 Å². The van der Waals surface area contributed by atoms with Crippen molar-refractivity contribution < 1.29 is 24.2 Å². The molecule has 0 aliphatic carbocycles. The minimum atomic E-state index is -0.648. The molecule has 0 saturated carbocycles. The first-order chi connectivity index (χ1) is 16.3. The SMILES string of the molecule is O=C(Oc1ccc(Cl)c(O)c1)c1ccc(NC2=C(Cl)C(=O)N(CCc3ccccc3)C2=O)cc1. The number of nitrogens with zero attached hydrogens (tertiary/aromatic N) is 1. The number of phenols is 1. The molecule has 0 atom stereocenters. The number of hydrogen-bond donors (Lipinski definition) is 2. The second kappa shape index (κ2) is 9.99. The minimum Gasteiger partial charge on any atom is -0.506 e. The van der Waals surface area contributed by atoms with Gasteiger partial charge in [-0.15, -0.1) is 0 Å². The van der Waals surface area contributed by atoms with Crippen LogP contribution in [0.2, 0.25) is 5.02 Å². The fourth-order valence-electron chi connectivity index (χ4n) is 3.30. The molecule has 34 heavy (non-hydrogen) atoms. The van der Waals surface area contributed by atoms with Gasteiger partial charge in [-0.2, -0.15) is 0 Å². The second-order valence-corrected chi connectivity index (χ2v) is 8.18. The number of hydrogen-bond acceptors (Lipinski definition) is 6. The van der Waals surface area contributed by atoms with Crippen LogP contribution in [0.4, 0.5) is 5.69 Å². The first kappa shape index (κ1) is 23.4. The fourth-order valence-corrected chi connectivity index (χ4v) is 3.65. The fraction of sp³-hybridized carbons (Fsp3) is 0.0800. The van der Waals surface area contributed by atoms with Crippen LogP contribution in [0.1, 0.15) is 15.9 Å². The van der Waals surface area contributed by atoms with Gasteiger partial charge in [-0.1, -0.05) is 53.5 Å². The Bertz CT molecular complexity index is 1290. The Morgan fingerprint density at radius 2 is 1.65 bits per heavy atom. The van der Waals surface area contributed by atoms with E-state index >= 15 is 0 Å². The Hall–Kier alpha value is -3.81. The molecule has 3 aromatic rings. The van der Waals surface area contributed by atoms with Gasteiger partial charge >= 0.3 is 5.97 Å². The summed E-state index contributed by atoms with van der Waals surface area (Å²) in [5.41, 5.74) is 1.67. The zero-order chi connectivity index (χ0) is 24.2. The number of halogens is 2. The van der Waals surface area contributed by atoms with Gasteiger partial charge in [0.2, 0.25) is 0 Å². The zero-order valence-electron chi connectivity index (χ0n) is 17.6. The van der Waals surface area contributed by atoms with Gasteiger partial charge in [-0.05, 0) is 48.4 Å². The zero-order valence-corrected chi connectivity index (χ0v) is 19.1. The van der Waals surface area contributed by atoms with Gasteiger partial charge in [0.25, 0.3) is 11.8 Å². The van der Waals surface area contributed by atoms with Crippen molar-refractivity contribution in [3.63, 3.8) is 0 Å². The quantitative estimate of drug-likeness (QED) is 0.278. The number of benzene rings is 3. The van der Waals surface area contributed by atoms with Crippen molar-refractivity contribution in [3.05, 3.63) is 99.7 Å². The monoisotopic (exact) mass is 496 g/mol. The molecule has 1 aliphatic rings. The average Bonchev–Trinajstić information content (AvgIpc) is 3.04. The molecule has 9 heteroatoms. The Labute approximate surface area is 205 Å². The van der Waals surface area contributed by atoms with Crippen LogP contribution < -0.4 is 10.1 Å². The number of esters is 1. The number of imide groups is 1. The number of amides is 2. The maximum atomic E-state index is 12.8. The number of aromatic hydroxyl groups is 1. The normalized spacial score (nSPS) is 13.4. The molecule has 0 bridgehead atoms. The average molecular weight is 497 g/mol. The number of anilines is 1. The van der Waals surface area contributed by atoms with E-state index in [0.717, 1.165) is 10.5 Å². The molecule has 172 valence electrons. The number of phenolic OH excluding ortho intramolecular Hbond substituents is 1. The summed E-state index contributed by atoms with van der Waals surface area (Å²) in [6.45, 7) is 0.202. The predicted octanol–water partition coefficient (Wildman–Crippen LogP) is 4.74. The third kappa shape index (κ3) is 5.06. The third-order valence-electron chi connectivity index (χ3n) is 5.10. The van der Waals surface area contributed by atoms with Crippen LogP contribution in [0.3, 0.4) is 0 Å². The lowest BCUT2D eigenvalue weighted by Crippen LogP contribution is -2.34. The van der Waals surface area contributed by atoms with Gasteiger partial charge in [0.15, 0.2) is 0 Å². The lowest BCUT2D eigenvalue weighted by Gasteiger charge is -2.15. The largest absolute Gasteiger partial charge is 0.506 e. The van der Waals surface area contributed by atoms with Gasteiger partial charge in [0, 0.05) is 18.3 Å². The Morgan fingerprint density at radius 1 is 0.941 bits per heavy atom. The van der Waals surface area contributed by atoms with E-state index in [9.17, 15) is 19.5 Å². The maximum absolute atomic E-state index is 12.8. The highest BCUT2D eigenvalue weighted by Gasteiger charge is 2.37. The highest BCUT2D eigenvalue weighted by atomic mass is 35.5. The number of carbonyl (C=O) groups is 3. The van der Waals surface area contributed by atoms with E-state index in [1.54, 1.807) is 12.1 Å². The summed E-state index contributed by atoms with van der Waals surface area (Å²) < 4.78 is 5.22. The van der Waals surface area contributed by atoms with E-state index in [0.29, 0.717) is 12.1 Å². The molecule has 0 aromatic heterocycles. The molecule has 1 aliphatic heterocycles. The summed E-state index contributed by atoms with van der Waals surface area (Å²) in [5, 5.41) is 12.4. The van der Waals surface area contributed by atoms with E-state index in [2.05, 4.69) is 5.32 Å². The highest BCUT2D eigenvalue weighted by Crippen LogP contribution is 2.29. The van der Waals surface area contributed by atoms with Crippen LogP contribution in [0.5, 0.6) is 11.5 Å². The molecule has 0 unspecified atom stereocenters. The summed E-state index contributed by atoms with van der Waals surface area (Å²) in [5.74, 6) is -1.79. The molecule has 2 N–H and O–H groups in total. The Kier molecular flexibility index (Phi) is 6.86. The van der Waals surface area contributed by atoms with Crippen molar-refractivity contribution >= 4 is 46.7 Å². The van der Waals surface area contributed by atoms with Crippen molar-refractivity contribution in [3.8, 4) is 11.5 Å². The summed E-state index contributed by atoms with van der Waals surface area (Å²) in [7, 11) is 0. The van der Waals surface area contributed by atoms with E-state index in [4.69, 9.17) is 27.9 Å². The molecule has 2 amide bonds. The first-order valence-electron chi connectivity index (χ1n) is 10.2. The summed E-state index contributed by atoms with van der Waals surface area (Å²) in [6.07, 6.45) is 0.512. The van der Waals surface area contributed by atoms with Gasteiger partial charge in [-0.3, -0.25) is 14.5 Å². The molecule has 0 saturated heterocycles. The predicted molar refractivity (Wildman–Crippen MR) is 128 cm³/mol. The van der Waals surface area contributed by atoms with Crippen LogP contribution in [-0.4, -0.2) is 34.3 Å². The van der Waals surface area contributed by atoms with Crippen LogP contribution in [-0.2, 0) is 16.0 Å². The summed E-state index contributed by atoms with van der Waals surface area (Å²) in [4.78, 5) is 38.7. The van der Waals surface area contributed by atoms with Crippen molar-refractivity contribution in [1.29, 1.82) is 0 Å². The summed E-state index contributed by atoms with van der Waals surface area (Å²) in [6, 6.07) is 19.7. The van der Waals surface area contributed by atoms with Crippen LogP contribution in [0.15, 0.2) is 83.5 Å². The molecule has 7 nitrogen and oxygen atoms in total. The topological polar surface area (TPSA) is 95.9 Å². The molecule has 0 radical (unpaired) electrons. The van der Waals surface area contributed by atoms with Gasteiger partial charge in [0.1, 0.15) is 22.2 Å². The van der Waals surface area contributed by atoms with Crippen molar-refractivity contribution in [1.82, 2.24) is 4.90 Å². The van der Waals surface area contributed by atoms with Crippen molar-refractivity contribution in [2.75, 3.05) is 11.9 Å². The Balaban J connectivity index is 1.40. The molecule has 0 fully saturated rings. The van der Waals surface area contributed by atoms with E-state index in [1.165, 1.54) is 30.3 Å². The number of ether oxygens (including phenoxy) is 1. The van der Waals surface area contributed by atoms with E-state index in [1.807, 2.05) is 30.3 Å². The highest BCUT2D eigenvalue weighted by molar-refractivity contribution is 6.48. The first-order valence-corrected chi connectivity index (χ1v) is 11.0. The van der Waals surface area contributed by atoms with Crippen LogP contribution >= 0.6 is 23.2 Å². The molecule has 3 aromatic carbocycles. The molecular formula is C25H18Cl2N2O5. The summed E-state index contributed by atoms with van der Waals surface area (Å²) >= 11 is 11.9. The van der Waals surface area contributed by atoms with Gasteiger partial charge in [0.05, 0.1) is 10.6 Å². The van der Waals surface area contributed by atoms with Gasteiger partial charge in [-0.25, -0.2) is 4.79 Å². The third-order valence-corrected chi connectivity index (χ3v) is 5.77. The smallest absolute Gasteiger partial charge is 0.343 e. The Morgan fingerprint density at radius 3 is 2.32 bits per heavy atom. The van der Waals surface area contributed by atoms with Crippen LogP contribution in [0, 0.1) is 0 Å². The van der Waals surface area contributed by atoms with Gasteiger partial charge < -0.3 is 15.2 Å². The number of rotatable bonds is 7. The lowest BCUT2D eigenvalue weighted by atomic mass is 10.1. The van der Waals surface area contributed by atoms with E-state index in [-0.39, 0.29) is 39.4 Å². The molecule has 0 spiro atoms. The molecule has 1 heterocycles.